The minimum absolute atomic E-state index is 0.940. The SMILES string of the molecule is CC1CC1CNCC1CCNCC1. The van der Waals surface area contributed by atoms with Gasteiger partial charge in [-0.1, -0.05) is 6.92 Å². The molecule has 1 aliphatic carbocycles. The molecule has 2 N–H and O–H groups in total. The van der Waals surface area contributed by atoms with Crippen LogP contribution in [0.4, 0.5) is 0 Å². The second-order valence-corrected chi connectivity index (χ2v) is 4.82. The summed E-state index contributed by atoms with van der Waals surface area (Å²) >= 11 is 0. The largest absolute Gasteiger partial charge is 0.317 e. The van der Waals surface area contributed by atoms with Crippen molar-refractivity contribution in [3.05, 3.63) is 0 Å². The first kappa shape index (κ1) is 9.47. The quantitative estimate of drug-likeness (QED) is 0.683. The van der Waals surface area contributed by atoms with E-state index < -0.39 is 0 Å². The summed E-state index contributed by atoms with van der Waals surface area (Å²) in [5.74, 6) is 2.94. The fraction of sp³-hybridized carbons (Fsp3) is 1.00. The van der Waals surface area contributed by atoms with Gasteiger partial charge in [-0.25, -0.2) is 0 Å². The minimum Gasteiger partial charge on any atom is -0.317 e. The van der Waals surface area contributed by atoms with Crippen LogP contribution >= 0.6 is 0 Å². The summed E-state index contributed by atoms with van der Waals surface area (Å²) in [5.41, 5.74) is 0. The third kappa shape index (κ3) is 2.96. The summed E-state index contributed by atoms with van der Waals surface area (Å²) in [4.78, 5) is 0. The molecule has 0 spiro atoms. The monoisotopic (exact) mass is 182 g/mol. The molecule has 13 heavy (non-hydrogen) atoms. The maximum atomic E-state index is 3.62. The number of piperidine rings is 1. The molecule has 1 saturated carbocycles. The van der Waals surface area contributed by atoms with Crippen LogP contribution in [-0.4, -0.2) is 26.2 Å². The number of rotatable bonds is 4. The van der Waals surface area contributed by atoms with Gasteiger partial charge in [-0.3, -0.25) is 0 Å². The second-order valence-electron chi connectivity index (χ2n) is 4.82. The van der Waals surface area contributed by atoms with E-state index in [-0.39, 0.29) is 0 Å². The van der Waals surface area contributed by atoms with Crippen LogP contribution in [0.2, 0.25) is 0 Å². The Balaban J connectivity index is 1.51. The van der Waals surface area contributed by atoms with E-state index >= 15 is 0 Å². The van der Waals surface area contributed by atoms with E-state index in [4.69, 9.17) is 0 Å². The molecule has 2 atom stereocenters. The fourth-order valence-electron chi connectivity index (χ4n) is 2.24. The second kappa shape index (κ2) is 4.43. The summed E-state index contributed by atoms with van der Waals surface area (Å²) < 4.78 is 0. The van der Waals surface area contributed by atoms with Crippen molar-refractivity contribution in [1.82, 2.24) is 10.6 Å². The van der Waals surface area contributed by atoms with Crippen LogP contribution in [-0.2, 0) is 0 Å². The molecule has 2 nitrogen and oxygen atoms in total. The Morgan fingerprint density at radius 3 is 2.54 bits per heavy atom. The normalized spacial score (nSPS) is 34.8. The van der Waals surface area contributed by atoms with Crippen LogP contribution in [0.25, 0.3) is 0 Å². The van der Waals surface area contributed by atoms with Gasteiger partial charge in [0.05, 0.1) is 0 Å². The van der Waals surface area contributed by atoms with Crippen molar-refractivity contribution in [1.29, 1.82) is 0 Å². The van der Waals surface area contributed by atoms with Crippen LogP contribution in [0.1, 0.15) is 26.2 Å². The van der Waals surface area contributed by atoms with Gasteiger partial charge in [0.2, 0.25) is 0 Å². The molecule has 0 aromatic carbocycles. The molecule has 0 amide bonds. The van der Waals surface area contributed by atoms with Crippen molar-refractivity contribution in [2.75, 3.05) is 26.2 Å². The van der Waals surface area contributed by atoms with Gasteiger partial charge >= 0.3 is 0 Å². The van der Waals surface area contributed by atoms with E-state index in [1.54, 1.807) is 0 Å². The Morgan fingerprint density at radius 2 is 1.92 bits per heavy atom. The molecule has 1 heterocycles. The standard InChI is InChI=1S/C11H22N2/c1-9-6-11(9)8-13-7-10-2-4-12-5-3-10/h9-13H,2-8H2,1H3. The summed E-state index contributed by atoms with van der Waals surface area (Å²) in [6, 6.07) is 0. The summed E-state index contributed by atoms with van der Waals surface area (Å²) in [6.45, 7) is 7.34. The van der Waals surface area contributed by atoms with Crippen LogP contribution in [0.3, 0.4) is 0 Å². The average Bonchev–Trinajstić information content (AvgIpc) is 2.84. The fourth-order valence-corrected chi connectivity index (χ4v) is 2.24. The van der Waals surface area contributed by atoms with E-state index in [1.165, 1.54) is 45.4 Å². The molecule has 2 rings (SSSR count). The number of nitrogens with one attached hydrogen (secondary N) is 2. The number of hydrogen-bond acceptors (Lipinski definition) is 2. The molecule has 2 unspecified atom stereocenters. The lowest BCUT2D eigenvalue weighted by molar-refractivity contribution is 0.354. The molecule has 76 valence electrons. The average molecular weight is 182 g/mol. The molecular weight excluding hydrogens is 160 g/mol. The molecule has 0 radical (unpaired) electrons. The van der Waals surface area contributed by atoms with Gasteiger partial charge in [-0.15, -0.1) is 0 Å². The van der Waals surface area contributed by atoms with E-state index in [0.717, 1.165) is 17.8 Å². The zero-order chi connectivity index (χ0) is 9.10. The minimum atomic E-state index is 0.940. The van der Waals surface area contributed by atoms with Gasteiger partial charge in [0, 0.05) is 0 Å². The Kier molecular flexibility index (Phi) is 3.23. The first-order valence-corrected chi connectivity index (χ1v) is 5.77. The molecule has 1 aliphatic heterocycles. The van der Waals surface area contributed by atoms with Crippen LogP contribution in [0.5, 0.6) is 0 Å². The highest BCUT2D eigenvalue weighted by Gasteiger charge is 2.31. The van der Waals surface area contributed by atoms with Gasteiger partial charge in [0.25, 0.3) is 0 Å². The first-order chi connectivity index (χ1) is 6.36. The van der Waals surface area contributed by atoms with E-state index in [2.05, 4.69) is 17.6 Å². The highest BCUT2D eigenvalue weighted by molar-refractivity contribution is 4.84. The molecule has 2 fully saturated rings. The lowest BCUT2D eigenvalue weighted by Gasteiger charge is -2.22. The maximum absolute atomic E-state index is 3.62. The predicted octanol–water partition coefficient (Wildman–Crippen LogP) is 1.23. The Hall–Kier alpha value is -0.0800. The molecule has 2 heteroatoms. The lowest BCUT2D eigenvalue weighted by Crippen LogP contribution is -2.34. The topological polar surface area (TPSA) is 24.1 Å². The third-order valence-corrected chi connectivity index (χ3v) is 3.57. The van der Waals surface area contributed by atoms with Crippen molar-refractivity contribution in [3.63, 3.8) is 0 Å². The summed E-state index contributed by atoms with van der Waals surface area (Å²) in [6.07, 6.45) is 4.19. The van der Waals surface area contributed by atoms with Gasteiger partial charge in [0.1, 0.15) is 0 Å². The zero-order valence-corrected chi connectivity index (χ0v) is 8.68. The van der Waals surface area contributed by atoms with Crippen molar-refractivity contribution in [2.24, 2.45) is 17.8 Å². The van der Waals surface area contributed by atoms with E-state index in [0.29, 0.717) is 0 Å². The molecule has 1 saturated heterocycles. The molecule has 0 aromatic rings. The highest BCUT2D eigenvalue weighted by Crippen LogP contribution is 2.36. The van der Waals surface area contributed by atoms with Crippen LogP contribution in [0.15, 0.2) is 0 Å². The molecule has 0 aromatic heterocycles. The third-order valence-electron chi connectivity index (χ3n) is 3.57. The van der Waals surface area contributed by atoms with Crippen molar-refractivity contribution in [3.8, 4) is 0 Å². The first-order valence-electron chi connectivity index (χ1n) is 5.77. The van der Waals surface area contributed by atoms with Gasteiger partial charge in [-0.05, 0) is 63.2 Å². The molecular formula is C11H22N2. The number of hydrogen-bond donors (Lipinski definition) is 2. The van der Waals surface area contributed by atoms with Crippen molar-refractivity contribution in [2.45, 2.75) is 26.2 Å². The smallest absolute Gasteiger partial charge is 0.00177 e. The molecule has 2 aliphatic rings. The summed E-state index contributed by atoms with van der Waals surface area (Å²) in [5, 5.41) is 7.03. The summed E-state index contributed by atoms with van der Waals surface area (Å²) in [7, 11) is 0. The lowest BCUT2D eigenvalue weighted by atomic mass is 9.98. The van der Waals surface area contributed by atoms with Gasteiger partial charge < -0.3 is 10.6 Å². The molecule has 0 bridgehead atoms. The van der Waals surface area contributed by atoms with E-state index in [1.807, 2.05) is 0 Å². The Labute approximate surface area is 81.5 Å². The predicted molar refractivity (Wildman–Crippen MR) is 55.7 cm³/mol. The highest BCUT2D eigenvalue weighted by atomic mass is 14.9. The Bertz CT molecular complexity index is 152. The van der Waals surface area contributed by atoms with Gasteiger partial charge in [0.15, 0.2) is 0 Å². The maximum Gasteiger partial charge on any atom is -0.00177 e. The van der Waals surface area contributed by atoms with E-state index in [9.17, 15) is 0 Å². The van der Waals surface area contributed by atoms with Crippen molar-refractivity contribution >= 4 is 0 Å². The van der Waals surface area contributed by atoms with Crippen molar-refractivity contribution < 1.29 is 0 Å². The van der Waals surface area contributed by atoms with Gasteiger partial charge in [-0.2, -0.15) is 0 Å². The zero-order valence-electron chi connectivity index (χ0n) is 8.68. The van der Waals surface area contributed by atoms with Crippen LogP contribution < -0.4 is 10.6 Å². The van der Waals surface area contributed by atoms with Crippen LogP contribution in [0, 0.1) is 17.8 Å². The Morgan fingerprint density at radius 1 is 1.23 bits per heavy atom.